The first-order valence-electron chi connectivity index (χ1n) is 7.02. The summed E-state index contributed by atoms with van der Waals surface area (Å²) in [5, 5.41) is 25.3. The SMILES string of the molecule is C[C@@H](NC(=O)c1ccc([N+](=O)[O-])c(O)c1)C(=O)Nc1ccccc1. The molecule has 0 fully saturated rings. The number of carbonyl (C=O) groups is 2. The fourth-order valence-electron chi connectivity index (χ4n) is 1.94. The van der Waals surface area contributed by atoms with Gasteiger partial charge in [-0.05, 0) is 31.2 Å². The number of phenols is 1. The molecule has 2 amide bonds. The molecule has 1 atom stereocenters. The van der Waals surface area contributed by atoms with Gasteiger partial charge in [-0.3, -0.25) is 19.7 Å². The standard InChI is InChI=1S/C16H15N3O5/c1-10(15(21)18-12-5-3-2-4-6-12)17-16(22)11-7-8-13(19(23)24)14(20)9-11/h2-10,20H,1H3,(H,17,22)(H,18,21)/t10-/m1/s1. The van der Waals surface area contributed by atoms with Crippen LogP contribution in [0.5, 0.6) is 5.75 Å². The maximum atomic E-state index is 12.1. The second kappa shape index (κ2) is 7.23. The zero-order valence-electron chi connectivity index (χ0n) is 12.7. The van der Waals surface area contributed by atoms with Crippen molar-refractivity contribution in [3.8, 4) is 5.75 Å². The number of nitro benzene ring substituents is 1. The van der Waals surface area contributed by atoms with E-state index in [4.69, 9.17) is 0 Å². The van der Waals surface area contributed by atoms with Crippen molar-refractivity contribution >= 4 is 23.2 Å². The summed E-state index contributed by atoms with van der Waals surface area (Å²) in [5.74, 6) is -1.66. The second-order valence-corrected chi connectivity index (χ2v) is 5.01. The largest absolute Gasteiger partial charge is 0.502 e. The highest BCUT2D eigenvalue weighted by molar-refractivity contribution is 6.01. The highest BCUT2D eigenvalue weighted by atomic mass is 16.6. The lowest BCUT2D eigenvalue weighted by Crippen LogP contribution is -2.41. The normalized spacial score (nSPS) is 11.4. The number of nitrogens with zero attached hydrogens (tertiary/aromatic N) is 1. The lowest BCUT2D eigenvalue weighted by atomic mass is 10.1. The van der Waals surface area contributed by atoms with Gasteiger partial charge < -0.3 is 15.7 Å². The van der Waals surface area contributed by atoms with E-state index in [9.17, 15) is 24.8 Å². The number of hydrogen-bond donors (Lipinski definition) is 3. The molecule has 2 aromatic rings. The number of anilines is 1. The summed E-state index contributed by atoms with van der Waals surface area (Å²) >= 11 is 0. The fourth-order valence-corrected chi connectivity index (χ4v) is 1.94. The number of nitrogens with one attached hydrogen (secondary N) is 2. The van der Waals surface area contributed by atoms with E-state index in [0.29, 0.717) is 5.69 Å². The van der Waals surface area contributed by atoms with Crippen LogP contribution in [-0.4, -0.2) is 27.9 Å². The molecular weight excluding hydrogens is 314 g/mol. The lowest BCUT2D eigenvalue weighted by Gasteiger charge is -2.14. The highest BCUT2D eigenvalue weighted by Crippen LogP contribution is 2.26. The van der Waals surface area contributed by atoms with Crippen molar-refractivity contribution in [1.29, 1.82) is 0 Å². The molecule has 8 nitrogen and oxygen atoms in total. The molecule has 0 bridgehead atoms. The van der Waals surface area contributed by atoms with Crippen LogP contribution in [-0.2, 0) is 4.79 Å². The zero-order chi connectivity index (χ0) is 17.7. The van der Waals surface area contributed by atoms with Crippen molar-refractivity contribution in [1.82, 2.24) is 5.32 Å². The molecule has 0 aliphatic carbocycles. The third kappa shape index (κ3) is 4.07. The molecule has 3 N–H and O–H groups in total. The third-order valence-corrected chi connectivity index (χ3v) is 3.22. The van der Waals surface area contributed by atoms with E-state index in [1.165, 1.54) is 13.0 Å². The van der Waals surface area contributed by atoms with Gasteiger partial charge in [0.2, 0.25) is 5.91 Å². The molecule has 0 heterocycles. The van der Waals surface area contributed by atoms with Crippen LogP contribution in [0.25, 0.3) is 0 Å². The van der Waals surface area contributed by atoms with E-state index in [0.717, 1.165) is 12.1 Å². The van der Waals surface area contributed by atoms with Crippen molar-refractivity contribution in [3.63, 3.8) is 0 Å². The summed E-state index contributed by atoms with van der Waals surface area (Å²) in [5.41, 5.74) is 0.107. The molecule has 24 heavy (non-hydrogen) atoms. The number of hydrogen-bond acceptors (Lipinski definition) is 5. The Morgan fingerprint density at radius 1 is 1.17 bits per heavy atom. The third-order valence-electron chi connectivity index (χ3n) is 3.22. The minimum atomic E-state index is -0.838. The summed E-state index contributed by atoms with van der Waals surface area (Å²) in [7, 11) is 0. The van der Waals surface area contributed by atoms with Gasteiger partial charge in [0.15, 0.2) is 5.75 Å². The molecule has 0 aliphatic heterocycles. The molecular formula is C16H15N3O5. The summed E-state index contributed by atoms with van der Waals surface area (Å²) in [4.78, 5) is 34.0. The Balaban J connectivity index is 2.02. The number of nitro groups is 1. The average molecular weight is 329 g/mol. The van der Waals surface area contributed by atoms with Gasteiger partial charge in [-0.2, -0.15) is 0 Å². The van der Waals surface area contributed by atoms with Crippen molar-refractivity contribution in [2.45, 2.75) is 13.0 Å². The Morgan fingerprint density at radius 2 is 1.83 bits per heavy atom. The first-order chi connectivity index (χ1) is 11.4. The van der Waals surface area contributed by atoms with Crippen LogP contribution in [0, 0.1) is 10.1 Å². The van der Waals surface area contributed by atoms with Crippen LogP contribution in [0.3, 0.4) is 0 Å². The molecule has 0 spiro atoms. The molecule has 2 rings (SSSR count). The Morgan fingerprint density at radius 3 is 2.42 bits per heavy atom. The maximum Gasteiger partial charge on any atom is 0.310 e. The van der Waals surface area contributed by atoms with E-state index >= 15 is 0 Å². The number of carbonyl (C=O) groups excluding carboxylic acids is 2. The molecule has 0 aromatic heterocycles. The zero-order valence-corrected chi connectivity index (χ0v) is 12.7. The minimum Gasteiger partial charge on any atom is -0.502 e. The number of aromatic hydroxyl groups is 1. The van der Waals surface area contributed by atoms with Gasteiger partial charge in [-0.25, -0.2) is 0 Å². The number of phenolic OH excluding ortho intramolecular Hbond substituents is 1. The topological polar surface area (TPSA) is 122 Å². The number of amides is 2. The van der Waals surface area contributed by atoms with Gasteiger partial charge >= 0.3 is 5.69 Å². The van der Waals surface area contributed by atoms with Gasteiger partial charge in [-0.15, -0.1) is 0 Å². The Bertz CT molecular complexity index is 777. The predicted molar refractivity (Wildman–Crippen MR) is 86.8 cm³/mol. The van der Waals surface area contributed by atoms with E-state index in [1.54, 1.807) is 24.3 Å². The Hall–Kier alpha value is -3.42. The first kappa shape index (κ1) is 16.9. The molecule has 2 aromatic carbocycles. The van der Waals surface area contributed by atoms with Gasteiger partial charge in [-0.1, -0.05) is 18.2 Å². The second-order valence-electron chi connectivity index (χ2n) is 5.01. The van der Waals surface area contributed by atoms with Crippen LogP contribution in [0.15, 0.2) is 48.5 Å². The maximum absolute atomic E-state index is 12.1. The quantitative estimate of drug-likeness (QED) is 0.572. The Labute approximate surface area is 137 Å². The number of rotatable bonds is 5. The van der Waals surface area contributed by atoms with Crippen molar-refractivity contribution in [2.24, 2.45) is 0 Å². The molecule has 8 heteroatoms. The van der Waals surface area contributed by atoms with Crippen LogP contribution in [0.2, 0.25) is 0 Å². The molecule has 0 saturated carbocycles. The molecule has 0 saturated heterocycles. The van der Waals surface area contributed by atoms with Crippen LogP contribution < -0.4 is 10.6 Å². The van der Waals surface area contributed by atoms with Crippen LogP contribution >= 0.6 is 0 Å². The molecule has 124 valence electrons. The van der Waals surface area contributed by atoms with Crippen LogP contribution in [0.4, 0.5) is 11.4 Å². The van der Waals surface area contributed by atoms with E-state index in [2.05, 4.69) is 10.6 Å². The lowest BCUT2D eigenvalue weighted by molar-refractivity contribution is -0.385. The Kier molecular flexibility index (Phi) is 5.10. The van der Waals surface area contributed by atoms with E-state index in [-0.39, 0.29) is 5.56 Å². The first-order valence-corrected chi connectivity index (χ1v) is 7.02. The van der Waals surface area contributed by atoms with Crippen LogP contribution in [0.1, 0.15) is 17.3 Å². The van der Waals surface area contributed by atoms with Gasteiger partial charge in [0.1, 0.15) is 6.04 Å². The smallest absolute Gasteiger partial charge is 0.310 e. The molecule has 0 aliphatic rings. The minimum absolute atomic E-state index is 0.0115. The summed E-state index contributed by atoms with van der Waals surface area (Å²) in [6, 6.07) is 11.1. The summed E-state index contributed by atoms with van der Waals surface area (Å²) in [6.07, 6.45) is 0. The predicted octanol–water partition coefficient (Wildman–Crippen LogP) is 2.06. The monoisotopic (exact) mass is 329 g/mol. The van der Waals surface area contributed by atoms with Gasteiger partial charge in [0.05, 0.1) is 4.92 Å². The number of benzene rings is 2. The van der Waals surface area contributed by atoms with Crippen molar-refractivity contribution < 1.29 is 19.6 Å². The summed E-state index contributed by atoms with van der Waals surface area (Å²) < 4.78 is 0. The molecule has 0 radical (unpaired) electrons. The van der Waals surface area contributed by atoms with Gasteiger partial charge in [0, 0.05) is 17.3 Å². The van der Waals surface area contributed by atoms with Gasteiger partial charge in [0.25, 0.3) is 5.91 Å². The molecule has 0 unspecified atom stereocenters. The summed E-state index contributed by atoms with van der Waals surface area (Å²) in [6.45, 7) is 1.50. The van der Waals surface area contributed by atoms with Crippen molar-refractivity contribution in [3.05, 3.63) is 64.2 Å². The fraction of sp³-hybridized carbons (Fsp3) is 0.125. The highest BCUT2D eigenvalue weighted by Gasteiger charge is 2.19. The van der Waals surface area contributed by atoms with E-state index in [1.807, 2.05) is 6.07 Å². The number of para-hydroxylation sites is 1. The van der Waals surface area contributed by atoms with E-state index < -0.39 is 34.2 Å². The van der Waals surface area contributed by atoms with Crippen molar-refractivity contribution in [2.75, 3.05) is 5.32 Å². The average Bonchev–Trinajstić information content (AvgIpc) is 2.55.